The van der Waals surface area contributed by atoms with Gasteiger partial charge in [0.2, 0.25) is 5.91 Å². The van der Waals surface area contributed by atoms with Crippen LogP contribution in [0.5, 0.6) is 0 Å². The van der Waals surface area contributed by atoms with E-state index >= 15 is 0 Å². The first-order valence-corrected chi connectivity index (χ1v) is 8.27. The summed E-state index contributed by atoms with van der Waals surface area (Å²) in [6.45, 7) is 1.54. The molecule has 126 valence electrons. The van der Waals surface area contributed by atoms with Gasteiger partial charge in [-0.25, -0.2) is 9.67 Å². The number of amides is 1. The lowest BCUT2D eigenvalue weighted by Gasteiger charge is -2.23. The first-order valence-electron chi connectivity index (χ1n) is 8.27. The number of carbonyl (C=O) groups is 1. The molecule has 0 saturated carbocycles. The molecule has 4 rings (SSSR count). The van der Waals surface area contributed by atoms with Crippen molar-refractivity contribution in [2.75, 3.05) is 19.8 Å². The number of fused-ring (bicyclic) bond motifs is 1. The highest BCUT2D eigenvalue weighted by molar-refractivity contribution is 5.75. The molecule has 2 N–H and O–H groups in total. The molecule has 1 saturated heterocycles. The molecular formula is C17H20N4O3. The van der Waals surface area contributed by atoms with Crippen molar-refractivity contribution in [2.45, 2.75) is 31.8 Å². The monoisotopic (exact) mass is 328 g/mol. The van der Waals surface area contributed by atoms with Crippen LogP contribution in [-0.4, -0.2) is 40.5 Å². The molecular weight excluding hydrogens is 308 g/mol. The second-order valence-corrected chi connectivity index (χ2v) is 6.14. The van der Waals surface area contributed by atoms with Gasteiger partial charge in [0.1, 0.15) is 6.10 Å². The lowest BCUT2D eigenvalue weighted by molar-refractivity contribution is -0.117. The Balaban J connectivity index is 1.79. The van der Waals surface area contributed by atoms with E-state index in [1.54, 1.807) is 0 Å². The van der Waals surface area contributed by atoms with Crippen LogP contribution in [0, 0.1) is 0 Å². The van der Waals surface area contributed by atoms with Crippen molar-refractivity contribution < 1.29 is 14.3 Å². The lowest BCUT2D eigenvalue weighted by Crippen LogP contribution is -2.25. The first kappa shape index (κ1) is 15.3. The van der Waals surface area contributed by atoms with Crippen LogP contribution in [0.2, 0.25) is 0 Å². The smallest absolute Gasteiger partial charge is 0.225 e. The van der Waals surface area contributed by atoms with Gasteiger partial charge >= 0.3 is 0 Å². The molecule has 1 aliphatic heterocycles. The Bertz CT molecular complexity index is 765. The molecule has 7 nitrogen and oxygen atoms in total. The van der Waals surface area contributed by atoms with Gasteiger partial charge in [-0.15, -0.1) is 0 Å². The maximum Gasteiger partial charge on any atom is 0.225 e. The molecule has 1 atom stereocenters. The molecule has 2 aromatic rings. The van der Waals surface area contributed by atoms with Gasteiger partial charge in [0.05, 0.1) is 31.9 Å². The summed E-state index contributed by atoms with van der Waals surface area (Å²) in [5.41, 5.74) is 8.97. The fourth-order valence-corrected chi connectivity index (χ4v) is 3.42. The highest BCUT2D eigenvalue weighted by atomic mass is 16.6. The zero-order chi connectivity index (χ0) is 16.5. The topological polar surface area (TPSA) is 92.3 Å². The summed E-state index contributed by atoms with van der Waals surface area (Å²) in [6, 6.07) is 6.24. The number of carbonyl (C=O) groups excluding carboxylic acids is 1. The molecule has 2 heterocycles. The maximum absolute atomic E-state index is 11.3. The predicted octanol–water partition coefficient (Wildman–Crippen LogP) is 0.872. The molecule has 0 radical (unpaired) electrons. The molecule has 24 heavy (non-hydrogen) atoms. The van der Waals surface area contributed by atoms with Crippen molar-refractivity contribution in [2.24, 2.45) is 5.73 Å². The molecule has 1 aromatic heterocycles. The molecule has 1 fully saturated rings. The third-order valence-electron chi connectivity index (χ3n) is 4.46. The SMILES string of the molecule is NC(=O)Cc1nc([C@H]2COCCO2)n(-c2cccc3c2CCC3)n1. The van der Waals surface area contributed by atoms with Gasteiger partial charge in [-0.3, -0.25) is 4.79 Å². The highest BCUT2D eigenvalue weighted by Crippen LogP contribution is 2.30. The quantitative estimate of drug-likeness (QED) is 0.899. The summed E-state index contributed by atoms with van der Waals surface area (Å²) in [7, 11) is 0. The van der Waals surface area contributed by atoms with Crippen molar-refractivity contribution in [3.05, 3.63) is 41.0 Å². The van der Waals surface area contributed by atoms with E-state index < -0.39 is 5.91 Å². The average Bonchev–Trinajstić information content (AvgIpc) is 3.21. The molecule has 1 amide bonds. The molecule has 1 aliphatic carbocycles. The Morgan fingerprint density at radius 2 is 2.25 bits per heavy atom. The average molecular weight is 328 g/mol. The minimum atomic E-state index is -0.446. The zero-order valence-electron chi connectivity index (χ0n) is 13.4. The zero-order valence-corrected chi connectivity index (χ0v) is 13.4. The number of primary amides is 1. The standard InChI is InChI=1S/C17H20N4O3/c18-15(22)9-16-19-17(14-10-23-7-8-24-14)21(20-16)13-6-2-4-11-3-1-5-12(11)13/h2,4,6,14H,1,3,5,7-10H2,(H2,18,22)/t14-/m1/s1. The van der Waals surface area contributed by atoms with E-state index in [0.29, 0.717) is 31.5 Å². The molecule has 0 spiro atoms. The molecule has 2 aliphatic rings. The summed E-state index contributed by atoms with van der Waals surface area (Å²) in [5, 5.41) is 4.54. The number of nitrogens with two attached hydrogens (primary N) is 1. The number of hydrogen-bond donors (Lipinski definition) is 1. The van der Waals surface area contributed by atoms with E-state index in [1.807, 2.05) is 16.8 Å². The Kier molecular flexibility index (Phi) is 4.03. The van der Waals surface area contributed by atoms with Gasteiger partial charge in [-0.2, -0.15) is 5.10 Å². The van der Waals surface area contributed by atoms with Crippen LogP contribution in [0.25, 0.3) is 5.69 Å². The largest absolute Gasteiger partial charge is 0.376 e. The van der Waals surface area contributed by atoms with Crippen LogP contribution < -0.4 is 5.73 Å². The Hall–Kier alpha value is -2.25. The van der Waals surface area contributed by atoms with Gasteiger partial charge in [-0.05, 0) is 36.5 Å². The van der Waals surface area contributed by atoms with Crippen molar-refractivity contribution in [3.63, 3.8) is 0 Å². The summed E-state index contributed by atoms with van der Waals surface area (Å²) < 4.78 is 13.1. The van der Waals surface area contributed by atoms with Crippen LogP contribution in [0.1, 0.15) is 35.3 Å². The highest BCUT2D eigenvalue weighted by Gasteiger charge is 2.27. The normalized spacial score (nSPS) is 20.1. The van der Waals surface area contributed by atoms with Crippen LogP contribution in [0.15, 0.2) is 18.2 Å². The molecule has 1 aromatic carbocycles. The van der Waals surface area contributed by atoms with Crippen molar-refractivity contribution >= 4 is 5.91 Å². The Labute approximate surface area is 139 Å². The Morgan fingerprint density at radius 1 is 1.33 bits per heavy atom. The van der Waals surface area contributed by atoms with Crippen LogP contribution in [-0.2, 0) is 33.5 Å². The third kappa shape index (κ3) is 2.81. The van der Waals surface area contributed by atoms with E-state index in [0.717, 1.165) is 24.9 Å². The number of hydrogen-bond acceptors (Lipinski definition) is 5. The van der Waals surface area contributed by atoms with Gasteiger partial charge in [0, 0.05) is 0 Å². The molecule has 0 bridgehead atoms. The second-order valence-electron chi connectivity index (χ2n) is 6.14. The maximum atomic E-state index is 11.3. The van der Waals surface area contributed by atoms with E-state index in [-0.39, 0.29) is 12.5 Å². The number of rotatable bonds is 4. The Morgan fingerprint density at radius 3 is 3.04 bits per heavy atom. The summed E-state index contributed by atoms with van der Waals surface area (Å²) in [4.78, 5) is 15.8. The predicted molar refractivity (Wildman–Crippen MR) is 85.8 cm³/mol. The van der Waals surface area contributed by atoms with E-state index in [9.17, 15) is 4.79 Å². The first-order chi connectivity index (χ1) is 11.7. The minimum Gasteiger partial charge on any atom is -0.376 e. The number of nitrogens with zero attached hydrogens (tertiary/aromatic N) is 3. The fraction of sp³-hybridized carbons (Fsp3) is 0.471. The van der Waals surface area contributed by atoms with E-state index in [2.05, 4.69) is 16.1 Å². The number of aryl methyl sites for hydroxylation is 1. The summed E-state index contributed by atoms with van der Waals surface area (Å²) >= 11 is 0. The molecule has 7 heteroatoms. The summed E-state index contributed by atoms with van der Waals surface area (Å²) in [6.07, 6.45) is 2.99. The van der Waals surface area contributed by atoms with Crippen LogP contribution in [0.4, 0.5) is 0 Å². The van der Waals surface area contributed by atoms with Crippen LogP contribution in [0.3, 0.4) is 0 Å². The number of aromatic nitrogens is 3. The number of benzene rings is 1. The second kappa shape index (κ2) is 6.33. The van der Waals surface area contributed by atoms with Crippen molar-refractivity contribution in [3.8, 4) is 5.69 Å². The van der Waals surface area contributed by atoms with Gasteiger partial charge in [0.15, 0.2) is 11.6 Å². The van der Waals surface area contributed by atoms with Crippen molar-refractivity contribution in [1.82, 2.24) is 14.8 Å². The van der Waals surface area contributed by atoms with Gasteiger partial charge in [-0.1, -0.05) is 12.1 Å². The van der Waals surface area contributed by atoms with Crippen molar-refractivity contribution in [1.29, 1.82) is 0 Å². The summed E-state index contributed by atoms with van der Waals surface area (Å²) in [5.74, 6) is 0.645. The van der Waals surface area contributed by atoms with E-state index in [4.69, 9.17) is 15.2 Å². The molecule has 0 unspecified atom stereocenters. The minimum absolute atomic E-state index is 0.0165. The van der Waals surface area contributed by atoms with Crippen LogP contribution >= 0.6 is 0 Å². The van der Waals surface area contributed by atoms with Gasteiger partial charge in [0.25, 0.3) is 0 Å². The fourth-order valence-electron chi connectivity index (χ4n) is 3.42. The lowest BCUT2D eigenvalue weighted by atomic mass is 10.1. The van der Waals surface area contributed by atoms with E-state index in [1.165, 1.54) is 11.1 Å². The number of ether oxygens (including phenoxy) is 2. The third-order valence-corrected chi connectivity index (χ3v) is 4.46. The van der Waals surface area contributed by atoms with Gasteiger partial charge < -0.3 is 15.2 Å².